The smallest absolute Gasteiger partial charge is 0.339 e. The number of hydrogen-bond acceptors (Lipinski definition) is 9. The van der Waals surface area contributed by atoms with E-state index in [1.54, 1.807) is 12.3 Å². The lowest BCUT2D eigenvalue weighted by Crippen LogP contribution is -2.72. The van der Waals surface area contributed by atoms with Crippen LogP contribution in [0.25, 0.3) is 0 Å². The molecule has 2 aliphatic carbocycles. The molecule has 1 aromatic heterocycles. The van der Waals surface area contributed by atoms with Crippen molar-refractivity contribution in [3.63, 3.8) is 0 Å². The van der Waals surface area contributed by atoms with Crippen LogP contribution in [0.3, 0.4) is 0 Å². The summed E-state index contributed by atoms with van der Waals surface area (Å²) in [6, 6.07) is 1.78. The molecule has 5 aliphatic rings. The Balaban J connectivity index is 1.54. The number of carbonyl (C=O) groups is 4. The van der Waals surface area contributed by atoms with Crippen LogP contribution in [0.4, 0.5) is 0 Å². The molecule has 0 radical (unpaired) electrons. The maximum absolute atomic E-state index is 14.4. The second-order valence-corrected chi connectivity index (χ2v) is 12.7. The highest BCUT2D eigenvalue weighted by Crippen LogP contribution is 2.78. The lowest BCUT2D eigenvalue weighted by molar-refractivity contribution is -0.234. The van der Waals surface area contributed by atoms with E-state index in [0.717, 1.165) is 5.56 Å². The fourth-order valence-electron chi connectivity index (χ4n) is 9.24. The van der Waals surface area contributed by atoms with Crippen LogP contribution in [0.15, 0.2) is 23.0 Å². The molecule has 0 aromatic carbocycles. The molecule has 3 aliphatic heterocycles. The van der Waals surface area contributed by atoms with Crippen LogP contribution in [0, 0.1) is 28.1 Å². The topological polar surface area (TPSA) is 122 Å². The molecule has 5 fully saturated rings. The number of hydrogen-bond donors (Lipinski definition) is 0. The Hall–Kier alpha value is -2.68. The van der Waals surface area contributed by atoms with Gasteiger partial charge in [0.15, 0.2) is 6.10 Å². The molecule has 0 bridgehead atoms. The van der Waals surface area contributed by atoms with E-state index >= 15 is 0 Å². The van der Waals surface area contributed by atoms with Crippen LogP contribution in [0.2, 0.25) is 0 Å². The van der Waals surface area contributed by atoms with Crippen molar-refractivity contribution in [2.45, 2.75) is 96.7 Å². The average molecular weight is 515 g/mol. The van der Waals surface area contributed by atoms with Crippen LogP contribution in [0.1, 0.15) is 78.9 Å². The Morgan fingerprint density at radius 2 is 1.76 bits per heavy atom. The van der Waals surface area contributed by atoms with Crippen LogP contribution in [-0.2, 0) is 38.1 Å². The minimum atomic E-state index is -1.09. The Morgan fingerprint density at radius 1 is 1.03 bits per heavy atom. The minimum absolute atomic E-state index is 0.0263. The molecule has 0 N–H and O–H groups in total. The predicted molar refractivity (Wildman–Crippen MR) is 126 cm³/mol. The predicted octanol–water partition coefficient (Wildman–Crippen LogP) is 3.69. The summed E-state index contributed by atoms with van der Waals surface area (Å²) in [7, 11) is 0. The van der Waals surface area contributed by atoms with Gasteiger partial charge in [-0.1, -0.05) is 13.8 Å². The van der Waals surface area contributed by atoms with Gasteiger partial charge in [0.2, 0.25) is 0 Å². The molecule has 2 saturated carbocycles. The highest BCUT2D eigenvalue weighted by Gasteiger charge is 2.88. The first-order valence-corrected chi connectivity index (χ1v) is 13.1. The third-order valence-electron chi connectivity index (χ3n) is 10.8. The first-order chi connectivity index (χ1) is 17.2. The number of esters is 3. The lowest BCUT2D eigenvalue weighted by Gasteiger charge is -2.66. The Labute approximate surface area is 215 Å². The standard InChI is InChI=1S/C28H34O9/c1-14(29)34-19-12-20(31)36-24(2,3)17-11-18(30)27(6)16(26(17,19)5)7-9-25(4)21(15-8-10-33-13-15)35-23(32)22-28(25,27)37-22/h8,10,13,16-17,19,21-22H,7,9,11-12H2,1-6H3/t16-,17+,19+,21+,22+,25-,26-,27+,28-/m1/s1. The Bertz CT molecular complexity index is 1200. The van der Waals surface area contributed by atoms with Gasteiger partial charge in [-0.25, -0.2) is 4.79 Å². The number of fused-ring (bicyclic) bond motifs is 3. The quantitative estimate of drug-likeness (QED) is 0.330. The number of furan rings is 1. The van der Waals surface area contributed by atoms with E-state index in [1.165, 1.54) is 13.2 Å². The van der Waals surface area contributed by atoms with Crippen LogP contribution in [0.5, 0.6) is 0 Å². The van der Waals surface area contributed by atoms with Crippen molar-refractivity contribution in [1.82, 2.24) is 0 Å². The van der Waals surface area contributed by atoms with Gasteiger partial charge in [-0.15, -0.1) is 0 Å². The van der Waals surface area contributed by atoms with Gasteiger partial charge in [-0.3, -0.25) is 14.4 Å². The lowest BCUT2D eigenvalue weighted by atomic mass is 9.37. The molecule has 0 amide bonds. The van der Waals surface area contributed by atoms with E-state index in [1.807, 2.05) is 34.6 Å². The van der Waals surface area contributed by atoms with E-state index in [2.05, 4.69) is 0 Å². The summed E-state index contributed by atoms with van der Waals surface area (Å²) in [5.74, 6) is -2.18. The number of Topliss-reactive ketones (excluding diaryl/α,β-unsaturated/α-hetero) is 1. The van der Waals surface area contributed by atoms with Gasteiger partial charge in [0.05, 0.1) is 24.4 Å². The summed E-state index contributed by atoms with van der Waals surface area (Å²) in [6.45, 7) is 11.0. The maximum atomic E-state index is 14.4. The van der Waals surface area contributed by atoms with E-state index in [9.17, 15) is 19.2 Å². The summed E-state index contributed by atoms with van der Waals surface area (Å²) in [6.07, 6.45) is 2.06. The molecule has 3 saturated heterocycles. The molecule has 9 atom stereocenters. The van der Waals surface area contributed by atoms with Crippen molar-refractivity contribution >= 4 is 23.7 Å². The van der Waals surface area contributed by atoms with Crippen molar-refractivity contribution in [3.05, 3.63) is 24.2 Å². The Morgan fingerprint density at radius 3 is 2.41 bits per heavy atom. The van der Waals surface area contributed by atoms with Gasteiger partial charge < -0.3 is 23.4 Å². The third kappa shape index (κ3) is 2.79. The molecule has 37 heavy (non-hydrogen) atoms. The highest BCUT2D eigenvalue weighted by atomic mass is 16.7. The van der Waals surface area contributed by atoms with E-state index in [-0.39, 0.29) is 30.5 Å². The zero-order valence-electron chi connectivity index (χ0n) is 22.1. The van der Waals surface area contributed by atoms with Crippen molar-refractivity contribution in [2.75, 3.05) is 0 Å². The SMILES string of the molecule is CC(=O)O[C@H]1CC(=O)OC(C)(C)[C@@H]2CC(=O)[C@]3(C)[C@H](CC[C@]4(C)[C@H](c5ccoc5)OC(=O)[C@@H]5O[C@]543)[C@@]12C. The van der Waals surface area contributed by atoms with Gasteiger partial charge in [-0.2, -0.15) is 0 Å². The monoisotopic (exact) mass is 514 g/mol. The fraction of sp³-hybridized carbons (Fsp3) is 0.714. The normalized spacial score (nSPS) is 47.7. The summed E-state index contributed by atoms with van der Waals surface area (Å²) < 4.78 is 29.3. The van der Waals surface area contributed by atoms with Crippen LogP contribution < -0.4 is 0 Å². The summed E-state index contributed by atoms with van der Waals surface area (Å²) in [5, 5.41) is 0. The molecular formula is C28H34O9. The van der Waals surface area contributed by atoms with Gasteiger partial charge in [-0.05, 0) is 45.6 Å². The van der Waals surface area contributed by atoms with E-state index in [4.69, 9.17) is 23.4 Å². The van der Waals surface area contributed by atoms with Gasteiger partial charge in [0.1, 0.15) is 29.2 Å². The second kappa shape index (κ2) is 7.24. The highest BCUT2D eigenvalue weighted by molar-refractivity contribution is 5.93. The molecule has 4 heterocycles. The zero-order valence-corrected chi connectivity index (χ0v) is 22.1. The molecule has 200 valence electrons. The number of ether oxygens (including phenoxy) is 4. The number of cyclic esters (lactones) is 2. The van der Waals surface area contributed by atoms with Gasteiger partial charge >= 0.3 is 17.9 Å². The number of rotatable bonds is 2. The van der Waals surface area contributed by atoms with Crippen LogP contribution in [-0.4, -0.2) is 47.1 Å². The molecule has 1 spiro atoms. The molecule has 9 heteroatoms. The molecule has 1 aromatic rings. The number of ketones is 1. The molecular weight excluding hydrogens is 480 g/mol. The summed E-state index contributed by atoms with van der Waals surface area (Å²) in [4.78, 5) is 52.7. The minimum Gasteiger partial charge on any atom is -0.472 e. The Kier molecular flexibility index (Phi) is 4.82. The maximum Gasteiger partial charge on any atom is 0.339 e. The average Bonchev–Trinajstić information content (AvgIpc) is 3.38. The van der Waals surface area contributed by atoms with Crippen molar-refractivity contribution in [1.29, 1.82) is 0 Å². The molecule has 0 unspecified atom stereocenters. The number of epoxide rings is 1. The molecule has 9 nitrogen and oxygen atoms in total. The largest absolute Gasteiger partial charge is 0.472 e. The van der Waals surface area contributed by atoms with E-state index < -0.39 is 63.7 Å². The number of carbonyl (C=O) groups excluding carboxylic acids is 4. The van der Waals surface area contributed by atoms with Gasteiger partial charge in [0.25, 0.3) is 0 Å². The first-order valence-electron chi connectivity index (χ1n) is 13.1. The molecule has 6 rings (SSSR count). The summed E-state index contributed by atoms with van der Waals surface area (Å²) in [5.41, 5.74) is -3.88. The zero-order chi connectivity index (χ0) is 26.8. The van der Waals surface area contributed by atoms with Gasteiger partial charge in [0, 0.05) is 35.7 Å². The van der Waals surface area contributed by atoms with Crippen molar-refractivity contribution in [2.24, 2.45) is 28.1 Å². The van der Waals surface area contributed by atoms with Crippen molar-refractivity contribution < 1.29 is 42.5 Å². The second-order valence-electron chi connectivity index (χ2n) is 12.7. The van der Waals surface area contributed by atoms with Crippen molar-refractivity contribution in [3.8, 4) is 0 Å². The third-order valence-corrected chi connectivity index (χ3v) is 10.8. The van der Waals surface area contributed by atoms with E-state index in [0.29, 0.717) is 12.8 Å². The summed E-state index contributed by atoms with van der Waals surface area (Å²) >= 11 is 0. The first kappa shape index (κ1) is 24.6. The fourth-order valence-corrected chi connectivity index (χ4v) is 9.24. The van der Waals surface area contributed by atoms with Crippen LogP contribution >= 0.6 is 0 Å².